The first-order valence-electron chi connectivity index (χ1n) is 40.7. The number of nitrogens with zero attached hydrogens (tertiary/aromatic N) is 2. The van der Waals surface area contributed by atoms with Gasteiger partial charge in [-0.1, -0.05) is 246 Å². The molecule has 2 aliphatic carbocycles. The highest BCUT2D eigenvalue weighted by atomic mass is 32.2. The molecular formula is C92H194N28O15S. The summed E-state index contributed by atoms with van der Waals surface area (Å²) in [5, 5.41) is 16.8. The van der Waals surface area contributed by atoms with Crippen molar-refractivity contribution >= 4 is 129 Å². The fourth-order valence-corrected chi connectivity index (χ4v) is 12.7. The van der Waals surface area contributed by atoms with Crippen LogP contribution in [0.25, 0.3) is 21.8 Å². The van der Waals surface area contributed by atoms with E-state index in [0.717, 1.165) is 80.1 Å². The first kappa shape index (κ1) is 184. The zero-order valence-corrected chi connectivity index (χ0v) is 85.7. The van der Waals surface area contributed by atoms with Gasteiger partial charge in [0.1, 0.15) is 80.0 Å². The lowest BCUT2D eigenvalue weighted by molar-refractivity contribution is -0.127. The number of sulfonamides is 1. The number of aryl methyl sites for hydroxylation is 3. The summed E-state index contributed by atoms with van der Waals surface area (Å²) in [6, 6.07) is 40.2. The summed E-state index contributed by atoms with van der Waals surface area (Å²) in [4.78, 5) is 129. The molecule has 2 aliphatic heterocycles. The number of nitrogens with one attached hydrogen (secondary N) is 8. The summed E-state index contributed by atoms with van der Waals surface area (Å²) >= 11 is 0. The quantitative estimate of drug-likeness (QED) is 0.0203. The number of hydrogen-bond acceptors (Lipinski definition) is 33. The number of nitrogens with two attached hydrogens (primary N) is 4. The van der Waals surface area contributed by atoms with Crippen molar-refractivity contribution in [3.05, 3.63) is 174 Å². The molecule has 44 heteroatoms. The average Bonchev–Trinajstić information content (AvgIpc) is 1.51. The van der Waals surface area contributed by atoms with Crippen molar-refractivity contribution in [1.29, 1.82) is 0 Å². The van der Waals surface area contributed by atoms with Crippen LogP contribution < -0.4 is 140 Å². The third-order valence-electron chi connectivity index (χ3n) is 17.7. The van der Waals surface area contributed by atoms with E-state index in [1.807, 2.05) is 123 Å². The van der Waals surface area contributed by atoms with E-state index < -0.39 is 22.1 Å². The van der Waals surface area contributed by atoms with Gasteiger partial charge < -0.3 is 194 Å². The van der Waals surface area contributed by atoms with Crippen LogP contribution >= 0.6 is 0 Å². The summed E-state index contributed by atoms with van der Waals surface area (Å²) in [6.07, 6.45) is 34.5. The second kappa shape index (κ2) is 141. The molecule has 43 nitrogen and oxygen atoms in total. The summed E-state index contributed by atoms with van der Waals surface area (Å²) in [5.41, 5.74) is 28.2. The minimum absolute atomic E-state index is 0. The SMILES string of the molecule is C1CCNC1.C1CCNC1.C=O.C=O.C=O.C=O.C=O.C=O.C=O.C=O.C=O.C=O.CCC1CCCCC1.CCC1CCCCC1.CCCCN=C(N)N.CCCCN=C(N)N.CCc1c[nH]c2ccccc12.CCc1c[nH]c2ccccc12.CNC(=O)[C@@H](NC(C)=O)c1ccccc1.CNC(=O)[C@H](Cc1ccccc1)NS(=O)(=O)c1ccc(C)cc1.N.N.N.N.N.N.N.N.N.N.N.N.N.N. The van der Waals surface area contributed by atoms with Gasteiger partial charge in [-0.05, 0) is 149 Å². The lowest BCUT2D eigenvalue weighted by Gasteiger charge is -2.18. The highest BCUT2D eigenvalue weighted by molar-refractivity contribution is 7.89. The number of carbonyl (C=O) groups excluding carboxylic acids is 13. The Bertz CT molecular complexity index is 3510. The van der Waals surface area contributed by atoms with Crippen LogP contribution in [0.5, 0.6) is 0 Å². The number of benzene rings is 5. The maximum atomic E-state index is 12.5. The Morgan fingerprint density at radius 2 is 0.713 bits per heavy atom. The Morgan fingerprint density at radius 1 is 0.412 bits per heavy atom. The number of fused-ring (bicyclic) bond motifs is 2. The summed E-state index contributed by atoms with van der Waals surface area (Å²) in [7, 11) is -0.734. The normalized spacial score (nSPS) is 11.0. The number of para-hydroxylation sites is 2. The predicted octanol–water partition coefficient (Wildman–Crippen LogP) is 14.9. The zero-order chi connectivity index (χ0) is 95.0. The fourth-order valence-electron chi connectivity index (χ4n) is 11.5. The molecule has 798 valence electrons. The monoisotopic (exact) mass is 1960 g/mol. The van der Waals surface area contributed by atoms with Crippen molar-refractivity contribution in [3.8, 4) is 0 Å². The number of aromatic nitrogens is 2. The Hall–Kier alpha value is -11.9. The van der Waals surface area contributed by atoms with Gasteiger partial charge in [0.05, 0.1) is 4.90 Å². The van der Waals surface area contributed by atoms with Crippen molar-refractivity contribution < 1.29 is 70.7 Å². The molecular weight excluding hydrogens is 1770 g/mol. The fraction of sp³-hybridized carbons (Fsp3) is 0.467. The third kappa shape index (κ3) is 101. The van der Waals surface area contributed by atoms with E-state index in [4.69, 9.17) is 70.9 Å². The molecule has 0 spiro atoms. The molecule has 0 unspecified atom stereocenters. The van der Waals surface area contributed by atoms with Crippen LogP contribution in [0.2, 0.25) is 0 Å². The highest BCUT2D eigenvalue weighted by Crippen LogP contribution is 2.27. The number of amides is 3. The van der Waals surface area contributed by atoms with Crippen LogP contribution in [0.4, 0.5) is 0 Å². The molecule has 2 saturated heterocycles. The Balaban J connectivity index is -0.0000000492. The summed E-state index contributed by atoms with van der Waals surface area (Å²) in [5.74, 6) is 1.73. The van der Waals surface area contributed by atoms with E-state index in [0.29, 0.717) is 0 Å². The van der Waals surface area contributed by atoms with Crippen molar-refractivity contribution in [2.24, 2.45) is 44.8 Å². The topological polar surface area (TPSA) is 979 Å². The molecule has 4 heterocycles. The largest absolute Gasteiger partial charge is 0.370 e. The zero-order valence-electron chi connectivity index (χ0n) is 84.9. The van der Waals surface area contributed by atoms with Crippen molar-refractivity contribution in [2.45, 2.75) is 220 Å². The smallest absolute Gasteiger partial charge is 0.246 e. The van der Waals surface area contributed by atoms with E-state index in [-0.39, 0.29) is 127 Å². The molecule has 0 bridgehead atoms. The van der Waals surface area contributed by atoms with Gasteiger partial charge in [0.15, 0.2) is 11.9 Å². The first-order chi connectivity index (χ1) is 59.3. The molecule has 58 N–H and O–H groups in total. The number of likely N-dealkylation sites (N-methyl/N-ethyl adjacent to an activating group) is 2. The number of unbranched alkanes of at least 4 members (excludes halogenated alkanes) is 2. The van der Waals surface area contributed by atoms with Gasteiger partial charge in [-0.25, -0.2) is 8.42 Å². The number of aromatic amines is 2. The number of H-pyrrole nitrogens is 2. The van der Waals surface area contributed by atoms with Gasteiger partial charge in [-0.2, -0.15) is 4.72 Å². The van der Waals surface area contributed by atoms with Gasteiger partial charge in [-0.15, -0.1) is 0 Å². The van der Waals surface area contributed by atoms with E-state index in [1.165, 1.54) is 188 Å². The van der Waals surface area contributed by atoms with Crippen LogP contribution in [0, 0.1) is 18.8 Å². The van der Waals surface area contributed by atoms with Crippen molar-refractivity contribution in [3.63, 3.8) is 0 Å². The number of aliphatic imine (C=N–C) groups is 2. The highest BCUT2D eigenvalue weighted by Gasteiger charge is 2.26. The lowest BCUT2D eigenvalue weighted by Crippen LogP contribution is -2.46. The molecule has 2 atom stereocenters. The van der Waals surface area contributed by atoms with Crippen LogP contribution in [0.15, 0.2) is 161 Å². The number of hydrogen-bond donors (Lipinski definition) is 26. The molecule has 11 rings (SSSR count). The molecule has 2 aromatic heterocycles. The second-order valence-corrected chi connectivity index (χ2v) is 27.6. The first-order valence-corrected chi connectivity index (χ1v) is 42.2. The maximum Gasteiger partial charge on any atom is 0.246 e. The molecule has 3 amide bonds. The third-order valence-corrected chi connectivity index (χ3v) is 19.2. The molecule has 136 heavy (non-hydrogen) atoms. The van der Waals surface area contributed by atoms with Crippen LogP contribution in [0.3, 0.4) is 0 Å². The number of guanidine groups is 2. The van der Waals surface area contributed by atoms with Crippen LogP contribution in [-0.2, 0) is 91.6 Å². The second-order valence-electron chi connectivity index (χ2n) is 25.9. The average molecular weight is 1960 g/mol. The molecule has 7 aromatic rings. The standard InChI is InChI=1S/C17H20N2O3S.C11H14N2O2.2C10H11N.2C8H16.2C5H13N3.2C4H9N.10CH2O.14H3N/c1-13-8-10-15(11-9-13)23(21,22)19-16(17(20)18-2)12-14-6-4-3-5-7-14;1-8(14)13-10(11(15)12-2)9-6-4-3-5-7-9;2*1-2-8-7-11-10-6-4-3-5-9(8)10;2*1-2-8-6-4-3-5-7-8;2*1-2-3-4-8-5(6)7;2*1-2-4-5-3-1;10*1-2;;;;;;;;;;;;;;/h3-11,16,19H,12H2,1-2H3,(H,18,20);3-7,10H,1-2H3,(H,12,15)(H,13,14);2*3-7,11H,2H2,1H3;2*8H,2-7H2,1H3;2*2-4H2,1H3,(H4,6,7,8);2*5H,1-4H2;10*1H2;14*1H3/t16-;10-;;;;;;;;;;;;;;;;;;;;;;;;;;;;;;;;/m00................................/s1. The van der Waals surface area contributed by atoms with Crippen LogP contribution in [0.1, 0.15) is 211 Å². The Labute approximate surface area is 815 Å². The number of carbonyl (C=O) groups is 13. The van der Waals surface area contributed by atoms with Gasteiger partial charge >= 0.3 is 0 Å². The minimum Gasteiger partial charge on any atom is -0.370 e. The molecule has 2 saturated carbocycles. The van der Waals surface area contributed by atoms with E-state index in [9.17, 15) is 22.8 Å². The Morgan fingerprint density at radius 3 is 0.971 bits per heavy atom. The van der Waals surface area contributed by atoms with Gasteiger partial charge in [0.25, 0.3) is 0 Å². The maximum absolute atomic E-state index is 12.5. The molecule has 4 aliphatic rings. The Kier molecular flexibility index (Phi) is 191. The summed E-state index contributed by atoms with van der Waals surface area (Å²) in [6.45, 7) is 43.0. The molecule has 4 fully saturated rings. The van der Waals surface area contributed by atoms with Crippen molar-refractivity contribution in [2.75, 3.05) is 53.4 Å². The number of rotatable bonds is 19. The van der Waals surface area contributed by atoms with Crippen molar-refractivity contribution in [1.82, 2.24) is 127 Å². The minimum atomic E-state index is -3.76. The van der Waals surface area contributed by atoms with Crippen LogP contribution in [-0.4, -0.2) is 175 Å². The predicted molar refractivity (Wildman–Crippen MR) is 573 cm³/mol. The van der Waals surface area contributed by atoms with E-state index >= 15 is 0 Å². The van der Waals surface area contributed by atoms with E-state index in [1.54, 1.807) is 31.3 Å². The summed E-state index contributed by atoms with van der Waals surface area (Å²) < 4.78 is 27.4. The lowest BCUT2D eigenvalue weighted by atomic mass is 9.88. The van der Waals surface area contributed by atoms with Gasteiger partial charge in [0, 0.05) is 68.3 Å². The van der Waals surface area contributed by atoms with Gasteiger partial charge in [0.2, 0.25) is 27.7 Å². The van der Waals surface area contributed by atoms with E-state index in [2.05, 4.69) is 154 Å². The molecule has 0 radical (unpaired) electrons. The molecule has 5 aromatic carbocycles. The van der Waals surface area contributed by atoms with Gasteiger partial charge in [-0.3, -0.25) is 24.4 Å².